The van der Waals surface area contributed by atoms with Crippen LogP contribution in [-0.2, 0) is 4.74 Å². The van der Waals surface area contributed by atoms with Gasteiger partial charge in [0.25, 0.3) is 0 Å². The molecule has 1 saturated heterocycles. The van der Waals surface area contributed by atoms with E-state index in [9.17, 15) is 0 Å². The van der Waals surface area contributed by atoms with Gasteiger partial charge in [-0.1, -0.05) is 0 Å². The highest BCUT2D eigenvalue weighted by Crippen LogP contribution is 2.21. The molecule has 1 aromatic heterocycles. The quantitative estimate of drug-likeness (QED) is 0.781. The number of halogens is 2. The van der Waals surface area contributed by atoms with E-state index >= 15 is 0 Å². The Bertz CT molecular complexity index is 295. The Kier molecular flexibility index (Phi) is 6.06. The molecule has 0 saturated carbocycles. The van der Waals surface area contributed by atoms with Gasteiger partial charge < -0.3 is 4.74 Å². The molecule has 2 heterocycles. The van der Waals surface area contributed by atoms with Crippen LogP contribution in [0.2, 0.25) is 0 Å². The molecule has 1 fully saturated rings. The molecule has 16 heavy (non-hydrogen) atoms. The molecule has 1 aliphatic heterocycles. The largest absolute Gasteiger partial charge is 0.371 e. The molecule has 1 aromatic rings. The van der Waals surface area contributed by atoms with E-state index in [0.29, 0.717) is 5.88 Å². The van der Waals surface area contributed by atoms with Crippen molar-refractivity contribution < 1.29 is 4.74 Å². The van der Waals surface area contributed by atoms with Crippen LogP contribution in [-0.4, -0.2) is 42.0 Å². The predicted molar refractivity (Wildman–Crippen MR) is 67.3 cm³/mol. The van der Waals surface area contributed by atoms with Gasteiger partial charge >= 0.3 is 0 Å². The molecule has 0 spiro atoms. The molecule has 1 unspecified atom stereocenters. The van der Waals surface area contributed by atoms with Crippen molar-refractivity contribution in [1.82, 2.24) is 9.88 Å². The summed E-state index contributed by atoms with van der Waals surface area (Å²) >= 11 is 5.74. The Morgan fingerprint density at radius 3 is 2.88 bits per heavy atom. The van der Waals surface area contributed by atoms with E-state index in [1.807, 2.05) is 12.1 Å². The second kappa shape index (κ2) is 7.07. The van der Waals surface area contributed by atoms with Crippen LogP contribution < -0.4 is 0 Å². The van der Waals surface area contributed by atoms with Crippen LogP contribution in [0, 0.1) is 0 Å². The number of hydrogen-bond donors (Lipinski definition) is 0. The fraction of sp³-hybridized carbons (Fsp3) is 0.545. The Hall–Kier alpha value is -0.350. The van der Waals surface area contributed by atoms with E-state index in [-0.39, 0.29) is 18.5 Å². The molecule has 5 heteroatoms. The highest BCUT2D eigenvalue weighted by molar-refractivity contribution is 6.18. The summed E-state index contributed by atoms with van der Waals surface area (Å²) in [5.41, 5.74) is 1.20. The maximum Gasteiger partial charge on any atom is 0.0953 e. The van der Waals surface area contributed by atoms with Gasteiger partial charge in [0.05, 0.1) is 12.7 Å². The molecule has 0 amide bonds. The van der Waals surface area contributed by atoms with Gasteiger partial charge in [0, 0.05) is 37.9 Å². The van der Waals surface area contributed by atoms with Gasteiger partial charge in [-0.2, -0.15) is 0 Å². The summed E-state index contributed by atoms with van der Waals surface area (Å²) in [5.74, 6) is 0.684. The predicted octanol–water partition coefficient (Wildman–Crippen LogP) is 2.12. The van der Waals surface area contributed by atoms with Crippen LogP contribution >= 0.6 is 24.0 Å². The van der Waals surface area contributed by atoms with Crippen molar-refractivity contribution in [1.29, 1.82) is 0 Å². The van der Waals surface area contributed by atoms with Gasteiger partial charge in [-0.3, -0.25) is 9.88 Å². The fourth-order valence-electron chi connectivity index (χ4n) is 1.80. The Balaban J connectivity index is 0.00000128. The number of alkyl halides is 1. The van der Waals surface area contributed by atoms with Gasteiger partial charge in [0.15, 0.2) is 0 Å². The third kappa shape index (κ3) is 3.59. The van der Waals surface area contributed by atoms with E-state index in [0.717, 1.165) is 26.2 Å². The molecule has 90 valence electrons. The van der Waals surface area contributed by atoms with Crippen molar-refractivity contribution >= 4 is 24.0 Å². The Morgan fingerprint density at radius 2 is 2.19 bits per heavy atom. The summed E-state index contributed by atoms with van der Waals surface area (Å²) in [6.07, 6.45) is 3.78. The van der Waals surface area contributed by atoms with Crippen molar-refractivity contribution in [2.45, 2.75) is 6.10 Å². The van der Waals surface area contributed by atoms with Crippen molar-refractivity contribution in [2.75, 3.05) is 32.1 Å². The number of rotatable bonds is 3. The second-order valence-corrected chi connectivity index (χ2v) is 4.01. The van der Waals surface area contributed by atoms with E-state index in [2.05, 4.69) is 9.88 Å². The Morgan fingerprint density at radius 1 is 1.44 bits per heavy atom. The average Bonchev–Trinajstić information content (AvgIpc) is 2.31. The first kappa shape index (κ1) is 13.7. The monoisotopic (exact) mass is 262 g/mol. The van der Waals surface area contributed by atoms with Gasteiger partial charge in [0.1, 0.15) is 0 Å². The normalized spacial score (nSPS) is 21.4. The molecule has 0 bridgehead atoms. The van der Waals surface area contributed by atoms with E-state index in [4.69, 9.17) is 16.3 Å². The van der Waals surface area contributed by atoms with Crippen molar-refractivity contribution in [3.05, 3.63) is 30.1 Å². The van der Waals surface area contributed by atoms with Crippen LogP contribution in [0.4, 0.5) is 0 Å². The average molecular weight is 263 g/mol. The molecule has 0 aliphatic carbocycles. The minimum Gasteiger partial charge on any atom is -0.371 e. The van der Waals surface area contributed by atoms with Crippen LogP contribution in [0.25, 0.3) is 0 Å². The fourth-order valence-corrected chi connectivity index (χ4v) is 2.04. The van der Waals surface area contributed by atoms with Gasteiger partial charge in [-0.15, -0.1) is 24.0 Å². The van der Waals surface area contributed by atoms with Gasteiger partial charge in [-0.05, 0) is 17.7 Å². The molecule has 1 atom stereocenters. The second-order valence-electron chi connectivity index (χ2n) is 3.63. The molecular formula is C11H16Cl2N2O. The minimum absolute atomic E-state index is 0. The standard InChI is InChI=1S/C11H15ClN2O.ClH/c12-3-6-14-7-8-15-11(9-14)10-1-4-13-5-2-10;/h1-2,4-5,11H,3,6-9H2;1H. The minimum atomic E-state index is 0. The van der Waals surface area contributed by atoms with Crippen LogP contribution in [0.3, 0.4) is 0 Å². The SMILES string of the molecule is Cl.ClCCN1CCOC(c2ccncc2)C1. The molecule has 3 nitrogen and oxygen atoms in total. The summed E-state index contributed by atoms with van der Waals surface area (Å²) in [5, 5.41) is 0. The number of hydrogen-bond acceptors (Lipinski definition) is 3. The zero-order chi connectivity index (χ0) is 10.5. The lowest BCUT2D eigenvalue weighted by Gasteiger charge is -2.32. The first-order chi connectivity index (χ1) is 7.40. The third-order valence-electron chi connectivity index (χ3n) is 2.63. The smallest absolute Gasteiger partial charge is 0.0953 e. The van der Waals surface area contributed by atoms with E-state index in [1.54, 1.807) is 12.4 Å². The molecule has 0 N–H and O–H groups in total. The number of pyridine rings is 1. The van der Waals surface area contributed by atoms with Crippen LogP contribution in [0.5, 0.6) is 0 Å². The van der Waals surface area contributed by atoms with E-state index in [1.165, 1.54) is 5.56 Å². The molecule has 2 rings (SSSR count). The van der Waals surface area contributed by atoms with Gasteiger partial charge in [-0.25, -0.2) is 0 Å². The number of aromatic nitrogens is 1. The molecule has 0 radical (unpaired) electrons. The number of morpholine rings is 1. The highest BCUT2D eigenvalue weighted by atomic mass is 35.5. The molecule has 1 aliphatic rings. The summed E-state index contributed by atoms with van der Waals surface area (Å²) in [4.78, 5) is 6.34. The lowest BCUT2D eigenvalue weighted by Crippen LogP contribution is -2.39. The first-order valence-electron chi connectivity index (χ1n) is 5.20. The topological polar surface area (TPSA) is 25.4 Å². The lowest BCUT2D eigenvalue weighted by atomic mass is 10.1. The number of ether oxygens (including phenoxy) is 1. The van der Waals surface area contributed by atoms with E-state index < -0.39 is 0 Å². The maximum atomic E-state index is 5.74. The summed E-state index contributed by atoms with van der Waals surface area (Å²) < 4.78 is 5.73. The summed E-state index contributed by atoms with van der Waals surface area (Å²) in [6, 6.07) is 4.02. The van der Waals surface area contributed by atoms with Gasteiger partial charge in [0.2, 0.25) is 0 Å². The maximum absolute atomic E-state index is 5.74. The first-order valence-corrected chi connectivity index (χ1v) is 5.73. The zero-order valence-electron chi connectivity index (χ0n) is 9.01. The summed E-state index contributed by atoms with van der Waals surface area (Å²) in [6.45, 7) is 3.63. The lowest BCUT2D eigenvalue weighted by molar-refractivity contribution is -0.0279. The Labute approximate surface area is 107 Å². The third-order valence-corrected chi connectivity index (χ3v) is 2.80. The van der Waals surface area contributed by atoms with Crippen LogP contribution in [0.1, 0.15) is 11.7 Å². The summed E-state index contributed by atoms with van der Waals surface area (Å²) in [7, 11) is 0. The van der Waals surface area contributed by atoms with Crippen molar-refractivity contribution in [2.24, 2.45) is 0 Å². The van der Waals surface area contributed by atoms with Crippen molar-refractivity contribution in [3.8, 4) is 0 Å². The molecule has 0 aromatic carbocycles. The molecular weight excluding hydrogens is 247 g/mol. The van der Waals surface area contributed by atoms with Crippen LogP contribution in [0.15, 0.2) is 24.5 Å². The highest BCUT2D eigenvalue weighted by Gasteiger charge is 2.20. The van der Waals surface area contributed by atoms with Crippen molar-refractivity contribution in [3.63, 3.8) is 0 Å². The zero-order valence-corrected chi connectivity index (χ0v) is 10.6. The number of nitrogens with zero attached hydrogens (tertiary/aromatic N) is 2.